The third-order valence-electron chi connectivity index (χ3n) is 5.01. The number of hydrogen-bond acceptors (Lipinski definition) is 0. The summed E-state index contributed by atoms with van der Waals surface area (Å²) in [6.07, 6.45) is 0. The lowest BCUT2D eigenvalue weighted by atomic mass is 9.85. The van der Waals surface area contributed by atoms with Gasteiger partial charge in [0.1, 0.15) is 0 Å². The predicted molar refractivity (Wildman–Crippen MR) is 93.8 cm³/mol. The van der Waals surface area contributed by atoms with Gasteiger partial charge in [-0.25, -0.2) is 0 Å². The highest BCUT2D eigenvalue weighted by Gasteiger charge is 2.15. The predicted octanol–water partition coefficient (Wildman–Crippen LogP) is 6.13. The Kier molecular flexibility index (Phi) is 2.39. The van der Waals surface area contributed by atoms with E-state index < -0.39 is 0 Å². The van der Waals surface area contributed by atoms with Gasteiger partial charge >= 0.3 is 0 Å². The van der Waals surface area contributed by atoms with Crippen molar-refractivity contribution >= 4 is 32.3 Å². The van der Waals surface area contributed by atoms with E-state index in [4.69, 9.17) is 0 Å². The Hall–Kier alpha value is -2.08. The number of benzene rings is 4. The topological polar surface area (TPSA) is 0 Å². The van der Waals surface area contributed by atoms with Crippen molar-refractivity contribution in [3.63, 3.8) is 0 Å². The Morgan fingerprint density at radius 3 is 1.57 bits per heavy atom. The molecule has 104 valence electrons. The molecule has 0 aromatic heterocycles. The van der Waals surface area contributed by atoms with Crippen LogP contribution in [0.3, 0.4) is 0 Å². The highest BCUT2D eigenvalue weighted by atomic mass is 14.2. The van der Waals surface area contributed by atoms with Crippen LogP contribution in [0.25, 0.3) is 32.3 Å². The van der Waals surface area contributed by atoms with Crippen LogP contribution in [0.5, 0.6) is 0 Å². The van der Waals surface area contributed by atoms with Crippen LogP contribution in [0, 0.1) is 34.6 Å². The highest BCUT2D eigenvalue weighted by Crippen LogP contribution is 2.41. The van der Waals surface area contributed by atoms with E-state index in [1.807, 2.05) is 0 Å². The van der Waals surface area contributed by atoms with Gasteiger partial charge < -0.3 is 0 Å². The number of rotatable bonds is 0. The quantitative estimate of drug-likeness (QED) is 0.338. The first-order valence-corrected chi connectivity index (χ1v) is 7.64. The summed E-state index contributed by atoms with van der Waals surface area (Å²) in [5, 5.41) is 8.58. The Balaban J connectivity index is 2.50. The fourth-order valence-corrected chi connectivity index (χ4v) is 4.13. The van der Waals surface area contributed by atoms with E-state index in [0.29, 0.717) is 0 Å². The molecule has 0 aliphatic rings. The molecule has 0 heteroatoms. The van der Waals surface area contributed by atoms with Gasteiger partial charge in [0.2, 0.25) is 0 Å². The van der Waals surface area contributed by atoms with Crippen molar-refractivity contribution in [2.75, 3.05) is 0 Å². The van der Waals surface area contributed by atoms with Crippen LogP contribution < -0.4 is 0 Å². The average Bonchev–Trinajstić information content (AvgIpc) is 2.42. The van der Waals surface area contributed by atoms with E-state index in [1.165, 1.54) is 60.1 Å². The molecule has 4 aromatic rings. The molecule has 0 aliphatic heterocycles. The first-order chi connectivity index (χ1) is 9.99. The second-order valence-electron chi connectivity index (χ2n) is 6.55. The lowest BCUT2D eigenvalue weighted by Crippen LogP contribution is -1.94. The summed E-state index contributed by atoms with van der Waals surface area (Å²) >= 11 is 0. The summed E-state index contributed by atoms with van der Waals surface area (Å²) in [6, 6.07) is 11.6. The zero-order chi connectivity index (χ0) is 14.9. The van der Waals surface area contributed by atoms with Gasteiger partial charge in [-0.3, -0.25) is 0 Å². The minimum atomic E-state index is 1.38. The molecule has 0 spiro atoms. The Labute approximate surface area is 125 Å². The van der Waals surface area contributed by atoms with Gasteiger partial charge in [-0.05, 0) is 94.8 Å². The zero-order valence-electron chi connectivity index (χ0n) is 13.4. The molecule has 21 heavy (non-hydrogen) atoms. The van der Waals surface area contributed by atoms with Gasteiger partial charge in [0, 0.05) is 0 Å². The van der Waals surface area contributed by atoms with Crippen LogP contribution in [0.1, 0.15) is 27.8 Å². The fraction of sp³-hybridized carbons (Fsp3) is 0.238. The summed E-state index contributed by atoms with van der Waals surface area (Å²) in [6.45, 7) is 11.2. The summed E-state index contributed by atoms with van der Waals surface area (Å²) in [7, 11) is 0. The molecule has 0 amide bonds. The summed E-state index contributed by atoms with van der Waals surface area (Å²) in [4.78, 5) is 0. The van der Waals surface area contributed by atoms with E-state index in [-0.39, 0.29) is 0 Å². The van der Waals surface area contributed by atoms with Crippen LogP contribution in [0.15, 0.2) is 30.3 Å². The van der Waals surface area contributed by atoms with Crippen LogP contribution in [-0.4, -0.2) is 0 Å². The van der Waals surface area contributed by atoms with Crippen molar-refractivity contribution in [2.24, 2.45) is 0 Å². The summed E-state index contributed by atoms with van der Waals surface area (Å²) in [5.74, 6) is 0. The molecular weight excluding hydrogens is 252 g/mol. The maximum atomic E-state index is 2.38. The highest BCUT2D eigenvalue weighted by molar-refractivity contribution is 6.26. The van der Waals surface area contributed by atoms with Gasteiger partial charge in [-0.2, -0.15) is 0 Å². The molecule has 4 rings (SSSR count). The van der Waals surface area contributed by atoms with Gasteiger partial charge in [0.25, 0.3) is 0 Å². The minimum absolute atomic E-state index is 1.38. The maximum absolute atomic E-state index is 2.38. The van der Waals surface area contributed by atoms with E-state index in [9.17, 15) is 0 Å². The second-order valence-corrected chi connectivity index (χ2v) is 6.55. The Bertz CT molecular complexity index is 1020. The standard InChI is InChI=1S/C21H20/c1-11-8-13(3)18-10-15(5)19-14(4)9-12(2)17-7-6-16(11)20(18)21(17)19/h6-10H,1-5H3. The van der Waals surface area contributed by atoms with E-state index in [1.54, 1.807) is 0 Å². The first kappa shape index (κ1) is 12.6. The molecule has 0 N–H and O–H groups in total. The summed E-state index contributed by atoms with van der Waals surface area (Å²) in [5.41, 5.74) is 6.94. The maximum Gasteiger partial charge on any atom is -0.00186 e. The minimum Gasteiger partial charge on any atom is -0.0551 e. The normalized spacial score (nSPS) is 12.0. The molecule has 0 bridgehead atoms. The molecule has 0 unspecified atom stereocenters. The average molecular weight is 272 g/mol. The van der Waals surface area contributed by atoms with Gasteiger partial charge in [-0.15, -0.1) is 0 Å². The van der Waals surface area contributed by atoms with Crippen LogP contribution in [-0.2, 0) is 0 Å². The SMILES string of the molecule is Cc1cc(C)c2cc(C)c3c(C)cc(C)c4ccc1c2c43. The smallest absolute Gasteiger partial charge is 0.00186 e. The first-order valence-electron chi connectivity index (χ1n) is 7.64. The zero-order valence-corrected chi connectivity index (χ0v) is 13.4. The van der Waals surface area contributed by atoms with Crippen LogP contribution in [0.4, 0.5) is 0 Å². The van der Waals surface area contributed by atoms with Crippen LogP contribution >= 0.6 is 0 Å². The lowest BCUT2D eigenvalue weighted by molar-refractivity contribution is 1.41. The lowest BCUT2D eigenvalue weighted by Gasteiger charge is -2.19. The third kappa shape index (κ3) is 1.51. The van der Waals surface area contributed by atoms with Crippen molar-refractivity contribution in [2.45, 2.75) is 34.6 Å². The second kappa shape index (κ2) is 3.98. The van der Waals surface area contributed by atoms with Gasteiger partial charge in [0.05, 0.1) is 0 Å². The van der Waals surface area contributed by atoms with E-state index >= 15 is 0 Å². The van der Waals surface area contributed by atoms with Crippen molar-refractivity contribution in [1.82, 2.24) is 0 Å². The molecule has 4 aromatic carbocycles. The van der Waals surface area contributed by atoms with E-state index in [0.717, 1.165) is 0 Å². The Morgan fingerprint density at radius 2 is 0.905 bits per heavy atom. The number of hydrogen-bond donors (Lipinski definition) is 0. The summed E-state index contributed by atoms with van der Waals surface area (Å²) < 4.78 is 0. The van der Waals surface area contributed by atoms with Crippen molar-refractivity contribution in [3.05, 3.63) is 58.1 Å². The fourth-order valence-electron chi connectivity index (χ4n) is 4.13. The molecular formula is C21H20. The van der Waals surface area contributed by atoms with Gasteiger partial charge in [-0.1, -0.05) is 30.3 Å². The molecule has 0 nitrogen and oxygen atoms in total. The molecule has 0 saturated carbocycles. The molecule has 0 atom stereocenters. The molecule has 0 fully saturated rings. The molecule has 0 aliphatic carbocycles. The van der Waals surface area contributed by atoms with Crippen molar-refractivity contribution < 1.29 is 0 Å². The molecule has 0 heterocycles. The third-order valence-corrected chi connectivity index (χ3v) is 5.01. The van der Waals surface area contributed by atoms with E-state index in [2.05, 4.69) is 65.0 Å². The molecule has 0 radical (unpaired) electrons. The largest absolute Gasteiger partial charge is 0.0551 e. The van der Waals surface area contributed by atoms with Crippen LogP contribution in [0.2, 0.25) is 0 Å². The van der Waals surface area contributed by atoms with Crippen molar-refractivity contribution in [3.8, 4) is 0 Å². The van der Waals surface area contributed by atoms with Gasteiger partial charge in [0.15, 0.2) is 0 Å². The van der Waals surface area contributed by atoms with Crippen molar-refractivity contribution in [1.29, 1.82) is 0 Å². The number of aryl methyl sites for hydroxylation is 5. The molecule has 0 saturated heterocycles. The Morgan fingerprint density at radius 1 is 0.429 bits per heavy atom. The monoisotopic (exact) mass is 272 g/mol.